The van der Waals surface area contributed by atoms with Gasteiger partial charge in [0.15, 0.2) is 0 Å². The second-order valence-corrected chi connectivity index (χ2v) is 5.55. The maximum Gasteiger partial charge on any atom is 0.255 e. The molecule has 0 aliphatic carbocycles. The molecule has 18 heavy (non-hydrogen) atoms. The van der Waals surface area contributed by atoms with Crippen molar-refractivity contribution >= 4 is 23.4 Å². The molecule has 98 valence electrons. The first-order chi connectivity index (χ1) is 8.70. The third kappa shape index (κ3) is 3.10. The molecule has 1 saturated heterocycles. The molecule has 1 aromatic carbocycles. The topological polar surface area (TPSA) is 64.3 Å². The molecule has 0 bridgehead atoms. The standard InChI is InChI=1S/C13H18N2O2S/c1-17-12-6-10(14)2-3-11(12)13(16)15-7-9-4-5-18-8-9/h2-3,6,9H,4-5,7-8,14H2,1H3,(H,15,16). The predicted octanol–water partition coefficient (Wildman–Crippen LogP) is 1.76. The Labute approximate surface area is 111 Å². The minimum Gasteiger partial charge on any atom is -0.496 e. The van der Waals surface area contributed by atoms with Crippen molar-refractivity contribution in [2.75, 3.05) is 30.9 Å². The highest BCUT2D eigenvalue weighted by Gasteiger charge is 2.18. The Balaban J connectivity index is 1.99. The first kappa shape index (κ1) is 13.1. The van der Waals surface area contributed by atoms with Crippen LogP contribution in [0.1, 0.15) is 16.8 Å². The second kappa shape index (κ2) is 6.00. The molecule has 3 N–H and O–H groups in total. The van der Waals surface area contributed by atoms with Gasteiger partial charge in [0.05, 0.1) is 12.7 Å². The van der Waals surface area contributed by atoms with E-state index in [1.807, 2.05) is 11.8 Å². The fourth-order valence-corrected chi connectivity index (χ4v) is 3.26. The molecule has 5 heteroatoms. The first-order valence-electron chi connectivity index (χ1n) is 6.00. The summed E-state index contributed by atoms with van der Waals surface area (Å²) in [7, 11) is 1.54. The monoisotopic (exact) mass is 266 g/mol. The highest BCUT2D eigenvalue weighted by Crippen LogP contribution is 2.24. The van der Waals surface area contributed by atoms with Crippen LogP contribution >= 0.6 is 11.8 Å². The van der Waals surface area contributed by atoms with Crippen LogP contribution in [0.3, 0.4) is 0 Å². The number of hydrogen-bond donors (Lipinski definition) is 2. The van der Waals surface area contributed by atoms with Crippen molar-refractivity contribution in [3.05, 3.63) is 23.8 Å². The number of rotatable bonds is 4. The van der Waals surface area contributed by atoms with E-state index in [0.29, 0.717) is 22.9 Å². The van der Waals surface area contributed by atoms with Gasteiger partial charge in [-0.3, -0.25) is 4.79 Å². The minimum atomic E-state index is -0.0937. The van der Waals surface area contributed by atoms with Gasteiger partial charge in [0.1, 0.15) is 5.75 Å². The average molecular weight is 266 g/mol. The third-order valence-corrected chi connectivity index (χ3v) is 4.28. The van der Waals surface area contributed by atoms with Crippen molar-refractivity contribution in [1.29, 1.82) is 0 Å². The van der Waals surface area contributed by atoms with E-state index in [1.165, 1.54) is 12.2 Å². The fourth-order valence-electron chi connectivity index (χ4n) is 1.97. The van der Waals surface area contributed by atoms with Crippen LogP contribution in [-0.2, 0) is 0 Å². The third-order valence-electron chi connectivity index (χ3n) is 3.05. The summed E-state index contributed by atoms with van der Waals surface area (Å²) in [5.41, 5.74) is 6.79. The summed E-state index contributed by atoms with van der Waals surface area (Å²) >= 11 is 1.95. The first-order valence-corrected chi connectivity index (χ1v) is 7.15. The summed E-state index contributed by atoms with van der Waals surface area (Å²) in [5.74, 6) is 3.36. The molecule has 0 saturated carbocycles. The van der Waals surface area contributed by atoms with E-state index in [-0.39, 0.29) is 5.91 Å². The van der Waals surface area contributed by atoms with Gasteiger partial charge in [0, 0.05) is 18.3 Å². The van der Waals surface area contributed by atoms with Crippen LogP contribution in [-0.4, -0.2) is 31.1 Å². The maximum absolute atomic E-state index is 12.1. The molecular formula is C13H18N2O2S. The second-order valence-electron chi connectivity index (χ2n) is 4.40. The van der Waals surface area contributed by atoms with Gasteiger partial charge >= 0.3 is 0 Å². The van der Waals surface area contributed by atoms with E-state index >= 15 is 0 Å². The summed E-state index contributed by atoms with van der Waals surface area (Å²) in [6.45, 7) is 0.735. The largest absolute Gasteiger partial charge is 0.496 e. The summed E-state index contributed by atoms with van der Waals surface area (Å²) in [6.07, 6.45) is 1.18. The zero-order chi connectivity index (χ0) is 13.0. The maximum atomic E-state index is 12.1. The average Bonchev–Trinajstić information content (AvgIpc) is 2.88. The lowest BCUT2D eigenvalue weighted by Crippen LogP contribution is -2.29. The van der Waals surface area contributed by atoms with Crippen LogP contribution in [0.2, 0.25) is 0 Å². The SMILES string of the molecule is COc1cc(N)ccc1C(=O)NCC1CCSC1. The zero-order valence-electron chi connectivity index (χ0n) is 10.4. The number of carbonyl (C=O) groups excluding carboxylic acids is 1. The quantitative estimate of drug-likeness (QED) is 0.815. The fraction of sp³-hybridized carbons (Fsp3) is 0.462. The summed E-state index contributed by atoms with van der Waals surface area (Å²) in [5, 5.41) is 2.96. The molecule has 2 rings (SSSR count). The van der Waals surface area contributed by atoms with E-state index in [0.717, 1.165) is 12.3 Å². The molecule has 1 heterocycles. The van der Waals surface area contributed by atoms with Gasteiger partial charge in [-0.05, 0) is 36.0 Å². The number of nitrogens with two attached hydrogens (primary N) is 1. The van der Waals surface area contributed by atoms with Crippen LogP contribution in [0.4, 0.5) is 5.69 Å². The Bertz CT molecular complexity index is 431. The van der Waals surface area contributed by atoms with Crippen molar-refractivity contribution in [2.45, 2.75) is 6.42 Å². The van der Waals surface area contributed by atoms with Gasteiger partial charge in [0.2, 0.25) is 0 Å². The molecule has 0 radical (unpaired) electrons. The normalized spacial score (nSPS) is 18.6. The van der Waals surface area contributed by atoms with Gasteiger partial charge in [-0.25, -0.2) is 0 Å². The van der Waals surface area contributed by atoms with Crippen molar-refractivity contribution in [2.24, 2.45) is 5.92 Å². The Morgan fingerprint density at radius 3 is 3.11 bits per heavy atom. The number of ether oxygens (including phenoxy) is 1. The predicted molar refractivity (Wildman–Crippen MR) is 75.2 cm³/mol. The Hall–Kier alpha value is -1.36. The minimum absolute atomic E-state index is 0.0937. The van der Waals surface area contributed by atoms with E-state index in [1.54, 1.807) is 25.3 Å². The van der Waals surface area contributed by atoms with Crippen LogP contribution in [0, 0.1) is 5.92 Å². The van der Waals surface area contributed by atoms with Crippen LogP contribution < -0.4 is 15.8 Å². The number of anilines is 1. The van der Waals surface area contributed by atoms with E-state index < -0.39 is 0 Å². The molecule has 1 aromatic rings. The molecule has 1 unspecified atom stereocenters. The smallest absolute Gasteiger partial charge is 0.255 e. The highest BCUT2D eigenvalue weighted by molar-refractivity contribution is 7.99. The van der Waals surface area contributed by atoms with Crippen LogP contribution in [0.25, 0.3) is 0 Å². The number of hydrogen-bond acceptors (Lipinski definition) is 4. The number of amides is 1. The summed E-state index contributed by atoms with van der Waals surface area (Å²) < 4.78 is 5.17. The molecule has 1 aliphatic heterocycles. The lowest BCUT2D eigenvalue weighted by molar-refractivity contribution is 0.0945. The zero-order valence-corrected chi connectivity index (χ0v) is 11.3. The van der Waals surface area contributed by atoms with Crippen molar-refractivity contribution in [3.8, 4) is 5.75 Å². The number of nitrogens with one attached hydrogen (secondary N) is 1. The van der Waals surface area contributed by atoms with Gasteiger partial charge in [0.25, 0.3) is 5.91 Å². The summed E-state index contributed by atoms with van der Waals surface area (Å²) in [6, 6.07) is 5.08. The molecule has 1 amide bonds. The highest BCUT2D eigenvalue weighted by atomic mass is 32.2. The number of methoxy groups -OCH3 is 1. The lowest BCUT2D eigenvalue weighted by Gasteiger charge is -2.12. The lowest BCUT2D eigenvalue weighted by atomic mass is 10.1. The van der Waals surface area contributed by atoms with Crippen LogP contribution in [0.15, 0.2) is 18.2 Å². The summed E-state index contributed by atoms with van der Waals surface area (Å²) in [4.78, 5) is 12.1. The van der Waals surface area contributed by atoms with Crippen molar-refractivity contribution in [1.82, 2.24) is 5.32 Å². The van der Waals surface area contributed by atoms with Crippen molar-refractivity contribution < 1.29 is 9.53 Å². The molecule has 0 aromatic heterocycles. The van der Waals surface area contributed by atoms with Gasteiger partial charge in [-0.15, -0.1) is 0 Å². The Morgan fingerprint density at radius 2 is 2.44 bits per heavy atom. The van der Waals surface area contributed by atoms with E-state index in [4.69, 9.17) is 10.5 Å². The number of nitrogen functional groups attached to an aromatic ring is 1. The van der Waals surface area contributed by atoms with Crippen molar-refractivity contribution in [3.63, 3.8) is 0 Å². The van der Waals surface area contributed by atoms with Gasteiger partial charge < -0.3 is 15.8 Å². The number of benzene rings is 1. The van der Waals surface area contributed by atoms with Crippen LogP contribution in [0.5, 0.6) is 5.75 Å². The molecule has 1 atom stereocenters. The Morgan fingerprint density at radius 1 is 1.61 bits per heavy atom. The molecule has 0 spiro atoms. The molecule has 1 fully saturated rings. The molecular weight excluding hydrogens is 248 g/mol. The van der Waals surface area contributed by atoms with E-state index in [2.05, 4.69) is 5.32 Å². The number of thioether (sulfide) groups is 1. The van der Waals surface area contributed by atoms with Gasteiger partial charge in [-0.2, -0.15) is 11.8 Å². The number of carbonyl (C=O) groups is 1. The molecule has 1 aliphatic rings. The Kier molecular flexibility index (Phi) is 4.36. The van der Waals surface area contributed by atoms with E-state index in [9.17, 15) is 4.79 Å². The molecule has 4 nitrogen and oxygen atoms in total. The van der Waals surface area contributed by atoms with Gasteiger partial charge in [-0.1, -0.05) is 0 Å².